The maximum Gasteiger partial charge on any atom is 0.265 e. The van der Waals surface area contributed by atoms with E-state index in [4.69, 9.17) is 0 Å². The monoisotopic (exact) mass is 375 g/mol. The van der Waals surface area contributed by atoms with Crippen LogP contribution in [0.1, 0.15) is 5.69 Å². The third-order valence-electron chi connectivity index (χ3n) is 3.65. The summed E-state index contributed by atoms with van der Waals surface area (Å²) in [4.78, 5) is 5.98. The highest BCUT2D eigenvalue weighted by molar-refractivity contribution is 7.92. The first-order valence-corrected chi connectivity index (χ1v) is 9.23. The van der Waals surface area contributed by atoms with Crippen molar-refractivity contribution >= 4 is 21.5 Å². The van der Waals surface area contributed by atoms with Crippen molar-refractivity contribution < 1.29 is 12.8 Å². The molecule has 7 nitrogen and oxygen atoms in total. The molecular weight excluding hydrogens is 357 g/mol. The van der Waals surface area contributed by atoms with E-state index >= 15 is 0 Å². The summed E-state index contributed by atoms with van der Waals surface area (Å²) in [5.74, 6) is 0.000191. The summed E-state index contributed by atoms with van der Waals surface area (Å²) in [6, 6.07) is 9.36. The van der Waals surface area contributed by atoms with Gasteiger partial charge in [0.2, 0.25) is 0 Å². The first-order valence-electron chi connectivity index (χ1n) is 7.75. The van der Waals surface area contributed by atoms with Crippen LogP contribution in [0.15, 0.2) is 53.7 Å². The van der Waals surface area contributed by atoms with Crippen LogP contribution in [-0.4, -0.2) is 37.3 Å². The van der Waals surface area contributed by atoms with Crippen LogP contribution >= 0.6 is 0 Å². The number of pyridine rings is 1. The van der Waals surface area contributed by atoms with Crippen molar-refractivity contribution in [3.05, 3.63) is 60.3 Å². The summed E-state index contributed by atoms with van der Waals surface area (Å²) in [5, 5.41) is 3.96. The highest BCUT2D eigenvalue weighted by Crippen LogP contribution is 2.25. The molecular formula is C17H18FN5O2S. The standard InChI is InChI=1S/C17H18FN5O2S/c1-12-8-9-15(17(20-12)22(2)3)21-26(24,25)13-10-19-23(11-13)16-7-5-4-6-14(16)18/h4-11,21H,1-3H3. The first-order chi connectivity index (χ1) is 12.3. The van der Waals surface area contributed by atoms with Gasteiger partial charge in [-0.1, -0.05) is 12.1 Å². The van der Waals surface area contributed by atoms with E-state index in [9.17, 15) is 12.8 Å². The quantitative estimate of drug-likeness (QED) is 0.741. The number of sulfonamides is 1. The molecule has 0 spiro atoms. The number of benzene rings is 1. The van der Waals surface area contributed by atoms with Crippen molar-refractivity contribution in [3.63, 3.8) is 0 Å². The normalized spacial score (nSPS) is 11.4. The second-order valence-corrected chi connectivity index (χ2v) is 7.58. The van der Waals surface area contributed by atoms with Gasteiger partial charge in [0.05, 0.1) is 18.1 Å². The molecule has 0 radical (unpaired) electrons. The minimum absolute atomic E-state index is 0.0777. The van der Waals surface area contributed by atoms with E-state index in [1.54, 1.807) is 43.3 Å². The van der Waals surface area contributed by atoms with Crippen LogP contribution < -0.4 is 9.62 Å². The van der Waals surface area contributed by atoms with E-state index in [1.165, 1.54) is 29.2 Å². The molecule has 0 atom stereocenters. The number of halogens is 1. The van der Waals surface area contributed by atoms with Crippen LogP contribution in [-0.2, 0) is 10.0 Å². The molecule has 0 aliphatic carbocycles. The van der Waals surface area contributed by atoms with Gasteiger partial charge in [0, 0.05) is 19.8 Å². The fourth-order valence-corrected chi connectivity index (χ4v) is 3.37. The van der Waals surface area contributed by atoms with Crippen molar-refractivity contribution in [3.8, 4) is 5.69 Å². The molecule has 0 saturated carbocycles. The Hall–Kier alpha value is -2.94. The minimum Gasteiger partial charge on any atom is -0.361 e. The summed E-state index contributed by atoms with van der Waals surface area (Å²) >= 11 is 0. The number of hydrogen-bond donors (Lipinski definition) is 1. The largest absolute Gasteiger partial charge is 0.361 e. The molecule has 0 saturated heterocycles. The summed E-state index contributed by atoms with van der Waals surface area (Å²) in [7, 11) is -0.357. The van der Waals surface area contributed by atoms with Crippen LogP contribution in [0.3, 0.4) is 0 Å². The number of nitrogens with one attached hydrogen (secondary N) is 1. The zero-order valence-electron chi connectivity index (χ0n) is 14.5. The van der Waals surface area contributed by atoms with Crippen LogP contribution in [0.4, 0.5) is 15.9 Å². The molecule has 1 aromatic carbocycles. The van der Waals surface area contributed by atoms with Crippen LogP contribution in [0, 0.1) is 12.7 Å². The second-order valence-electron chi connectivity index (χ2n) is 5.90. The average Bonchev–Trinajstić information content (AvgIpc) is 3.07. The Bertz CT molecular complexity index is 1050. The Morgan fingerprint density at radius 3 is 2.58 bits per heavy atom. The highest BCUT2D eigenvalue weighted by Gasteiger charge is 2.20. The minimum atomic E-state index is -3.90. The fourth-order valence-electron chi connectivity index (χ4n) is 2.38. The van der Waals surface area contributed by atoms with Crippen LogP contribution in [0.2, 0.25) is 0 Å². The summed E-state index contributed by atoms with van der Waals surface area (Å²) in [5.41, 5.74) is 1.28. The van der Waals surface area contributed by atoms with E-state index in [0.717, 1.165) is 5.69 Å². The summed E-state index contributed by atoms with van der Waals surface area (Å²) < 4.78 is 42.9. The van der Waals surface area contributed by atoms with Gasteiger partial charge in [0.1, 0.15) is 16.4 Å². The molecule has 1 N–H and O–H groups in total. The molecule has 2 heterocycles. The van der Waals surface area contributed by atoms with Gasteiger partial charge in [0.25, 0.3) is 10.0 Å². The van der Waals surface area contributed by atoms with Crippen molar-refractivity contribution in [2.24, 2.45) is 0 Å². The molecule has 0 aliphatic heterocycles. The third kappa shape index (κ3) is 3.52. The van der Waals surface area contributed by atoms with Crippen molar-refractivity contribution in [2.45, 2.75) is 11.8 Å². The molecule has 3 rings (SSSR count). The Balaban J connectivity index is 1.94. The number of hydrogen-bond acceptors (Lipinski definition) is 5. The van der Waals surface area contributed by atoms with E-state index < -0.39 is 15.8 Å². The lowest BCUT2D eigenvalue weighted by atomic mass is 10.3. The second kappa shape index (κ2) is 6.75. The molecule has 3 aromatic rings. The fraction of sp³-hybridized carbons (Fsp3) is 0.176. The number of rotatable bonds is 5. The summed E-state index contributed by atoms with van der Waals surface area (Å²) in [6.07, 6.45) is 2.43. The van der Waals surface area contributed by atoms with E-state index in [1.807, 2.05) is 6.92 Å². The van der Waals surface area contributed by atoms with Crippen molar-refractivity contribution in [1.82, 2.24) is 14.8 Å². The Labute approximate surface area is 151 Å². The summed E-state index contributed by atoms with van der Waals surface area (Å²) in [6.45, 7) is 1.82. The molecule has 0 fully saturated rings. The zero-order valence-corrected chi connectivity index (χ0v) is 15.3. The SMILES string of the molecule is Cc1ccc(NS(=O)(=O)c2cnn(-c3ccccc3F)c2)c(N(C)C)n1. The predicted octanol–water partition coefficient (Wildman–Crippen LogP) is 2.58. The van der Waals surface area contributed by atoms with Gasteiger partial charge in [-0.15, -0.1) is 0 Å². The Kier molecular flexibility index (Phi) is 4.64. The van der Waals surface area contributed by atoms with E-state index in [-0.39, 0.29) is 10.6 Å². The van der Waals surface area contributed by atoms with Crippen molar-refractivity contribution in [1.29, 1.82) is 0 Å². The smallest absolute Gasteiger partial charge is 0.265 e. The number of anilines is 2. The maximum absolute atomic E-state index is 13.9. The van der Waals surface area contributed by atoms with E-state index in [2.05, 4.69) is 14.8 Å². The number of para-hydroxylation sites is 1. The molecule has 0 unspecified atom stereocenters. The molecule has 136 valence electrons. The van der Waals surface area contributed by atoms with Crippen molar-refractivity contribution in [2.75, 3.05) is 23.7 Å². The Morgan fingerprint density at radius 2 is 1.88 bits per heavy atom. The van der Waals surface area contributed by atoms with Gasteiger partial charge in [-0.05, 0) is 31.2 Å². The maximum atomic E-state index is 13.9. The van der Waals surface area contributed by atoms with Gasteiger partial charge >= 0.3 is 0 Å². The molecule has 0 aliphatic rings. The van der Waals surface area contributed by atoms with Gasteiger partial charge < -0.3 is 4.90 Å². The molecule has 0 amide bonds. The number of aromatic nitrogens is 3. The molecule has 9 heteroatoms. The molecule has 26 heavy (non-hydrogen) atoms. The van der Waals surface area contributed by atoms with Gasteiger partial charge in [-0.2, -0.15) is 5.10 Å². The molecule has 2 aromatic heterocycles. The zero-order chi connectivity index (χ0) is 18.9. The Morgan fingerprint density at radius 1 is 1.15 bits per heavy atom. The lowest BCUT2D eigenvalue weighted by Gasteiger charge is -2.17. The predicted molar refractivity (Wildman–Crippen MR) is 97.6 cm³/mol. The van der Waals surface area contributed by atoms with Gasteiger partial charge in [-0.25, -0.2) is 22.5 Å². The first kappa shape index (κ1) is 17.9. The lowest BCUT2D eigenvalue weighted by molar-refractivity contribution is 0.600. The van der Waals surface area contributed by atoms with Crippen LogP contribution in [0.25, 0.3) is 5.69 Å². The number of aryl methyl sites for hydroxylation is 1. The third-order valence-corrected chi connectivity index (χ3v) is 4.97. The molecule has 0 bridgehead atoms. The lowest BCUT2D eigenvalue weighted by Crippen LogP contribution is -2.18. The van der Waals surface area contributed by atoms with E-state index in [0.29, 0.717) is 11.5 Å². The van der Waals surface area contributed by atoms with Crippen LogP contribution in [0.5, 0.6) is 0 Å². The average molecular weight is 375 g/mol. The topological polar surface area (TPSA) is 80.1 Å². The van der Waals surface area contributed by atoms with Gasteiger partial charge in [-0.3, -0.25) is 4.72 Å². The highest BCUT2D eigenvalue weighted by atomic mass is 32.2. The number of nitrogens with zero attached hydrogens (tertiary/aromatic N) is 4. The van der Waals surface area contributed by atoms with Gasteiger partial charge in [0.15, 0.2) is 5.82 Å².